The Bertz CT molecular complexity index is 162. The summed E-state index contributed by atoms with van der Waals surface area (Å²) in [6, 6.07) is 0.433. The highest BCUT2D eigenvalue weighted by Crippen LogP contribution is 2.21. The smallest absolute Gasteiger partial charge is 0.0765 e. The Kier molecular flexibility index (Phi) is 6.22. The summed E-state index contributed by atoms with van der Waals surface area (Å²) >= 11 is 0. The second kappa shape index (κ2) is 7.20. The van der Waals surface area contributed by atoms with Gasteiger partial charge in [0.2, 0.25) is 0 Å². The number of nitrogens with zero attached hydrogens (tertiary/aromatic N) is 1. The lowest BCUT2D eigenvalue weighted by molar-refractivity contribution is -0.230. The lowest BCUT2D eigenvalue weighted by Crippen LogP contribution is -2.41. The molecule has 0 spiro atoms. The first kappa shape index (κ1) is 12.9. The largest absolute Gasteiger partial charge is 0.396 e. The highest BCUT2D eigenvalue weighted by Gasteiger charge is 2.23. The number of hydrogen-bond acceptors (Lipinski definition) is 3. The normalized spacial score (nSPS) is 25.4. The summed E-state index contributed by atoms with van der Waals surface area (Å²) in [5.74, 6) is 0. The molecular formula is C12H25NO2. The quantitative estimate of drug-likeness (QED) is 0.738. The highest BCUT2D eigenvalue weighted by atomic mass is 16.7. The van der Waals surface area contributed by atoms with Gasteiger partial charge in [0.25, 0.3) is 0 Å². The summed E-state index contributed by atoms with van der Waals surface area (Å²) in [4.78, 5) is 5.92. The van der Waals surface area contributed by atoms with Crippen molar-refractivity contribution in [1.82, 2.24) is 5.06 Å². The van der Waals surface area contributed by atoms with Crippen LogP contribution in [-0.2, 0) is 4.84 Å². The van der Waals surface area contributed by atoms with Gasteiger partial charge in [0, 0.05) is 19.2 Å². The van der Waals surface area contributed by atoms with Gasteiger partial charge in [0.15, 0.2) is 0 Å². The maximum atomic E-state index is 8.99. The van der Waals surface area contributed by atoms with Crippen LogP contribution in [0.1, 0.15) is 52.4 Å². The van der Waals surface area contributed by atoms with Crippen molar-refractivity contribution in [3.63, 3.8) is 0 Å². The number of piperidine rings is 1. The second-order valence-corrected chi connectivity index (χ2v) is 4.51. The van der Waals surface area contributed by atoms with E-state index in [4.69, 9.17) is 9.94 Å². The van der Waals surface area contributed by atoms with Crippen molar-refractivity contribution in [1.29, 1.82) is 0 Å². The molecule has 0 aromatic heterocycles. The predicted molar refractivity (Wildman–Crippen MR) is 61.5 cm³/mol. The molecule has 90 valence electrons. The van der Waals surface area contributed by atoms with Crippen LogP contribution in [0.3, 0.4) is 0 Å². The molecule has 1 rings (SSSR count). The van der Waals surface area contributed by atoms with Crippen LogP contribution in [0.5, 0.6) is 0 Å². The second-order valence-electron chi connectivity index (χ2n) is 4.51. The van der Waals surface area contributed by atoms with Gasteiger partial charge in [-0.2, -0.15) is 5.06 Å². The van der Waals surface area contributed by atoms with Crippen molar-refractivity contribution in [2.24, 2.45) is 0 Å². The minimum Gasteiger partial charge on any atom is -0.396 e. The van der Waals surface area contributed by atoms with E-state index >= 15 is 0 Å². The number of rotatable bonds is 6. The molecule has 1 saturated heterocycles. The third-order valence-electron chi connectivity index (χ3n) is 3.05. The van der Waals surface area contributed by atoms with Crippen molar-refractivity contribution >= 4 is 0 Å². The van der Waals surface area contributed by atoms with Gasteiger partial charge < -0.3 is 5.11 Å². The van der Waals surface area contributed by atoms with Crippen LogP contribution in [0.15, 0.2) is 0 Å². The Labute approximate surface area is 93.4 Å². The predicted octanol–water partition coefficient (Wildman–Crippen LogP) is 2.34. The van der Waals surface area contributed by atoms with E-state index in [9.17, 15) is 0 Å². The van der Waals surface area contributed by atoms with Crippen molar-refractivity contribution in [3.05, 3.63) is 0 Å². The highest BCUT2D eigenvalue weighted by molar-refractivity contribution is 4.71. The maximum absolute atomic E-state index is 8.99. The van der Waals surface area contributed by atoms with Crippen LogP contribution >= 0.6 is 0 Å². The summed E-state index contributed by atoms with van der Waals surface area (Å²) in [6.07, 6.45) is 7.10. The summed E-state index contributed by atoms with van der Waals surface area (Å²) in [6.45, 7) is 5.61. The van der Waals surface area contributed by atoms with Gasteiger partial charge in [0.1, 0.15) is 0 Å². The molecule has 15 heavy (non-hydrogen) atoms. The summed E-state index contributed by atoms with van der Waals surface area (Å²) in [5, 5.41) is 11.1. The Morgan fingerprint density at radius 3 is 2.93 bits per heavy atom. The number of aliphatic hydroxyl groups excluding tert-OH is 1. The van der Waals surface area contributed by atoms with Gasteiger partial charge in [-0.25, -0.2) is 0 Å². The van der Waals surface area contributed by atoms with E-state index in [0.717, 1.165) is 19.4 Å². The van der Waals surface area contributed by atoms with Crippen molar-refractivity contribution < 1.29 is 9.94 Å². The van der Waals surface area contributed by atoms with Crippen LogP contribution in [0.2, 0.25) is 0 Å². The third-order valence-corrected chi connectivity index (χ3v) is 3.05. The lowest BCUT2D eigenvalue weighted by atomic mass is 10.0. The molecule has 0 bridgehead atoms. The monoisotopic (exact) mass is 215 g/mol. The minimum atomic E-state index is 0.271. The molecule has 1 N–H and O–H groups in total. The zero-order valence-corrected chi connectivity index (χ0v) is 10.1. The van der Waals surface area contributed by atoms with E-state index in [1.807, 2.05) is 0 Å². The average molecular weight is 215 g/mol. The average Bonchev–Trinajstić information content (AvgIpc) is 2.21. The van der Waals surface area contributed by atoms with Gasteiger partial charge in [-0.15, -0.1) is 0 Å². The van der Waals surface area contributed by atoms with Gasteiger partial charge in [-0.3, -0.25) is 4.84 Å². The molecule has 2 unspecified atom stereocenters. The fraction of sp³-hybridized carbons (Fsp3) is 1.00. The molecule has 1 aliphatic heterocycles. The van der Waals surface area contributed by atoms with Gasteiger partial charge in [-0.05, 0) is 32.6 Å². The van der Waals surface area contributed by atoms with E-state index in [1.54, 1.807) is 0 Å². The molecule has 0 saturated carbocycles. The van der Waals surface area contributed by atoms with Crippen LogP contribution in [0.25, 0.3) is 0 Å². The number of aliphatic hydroxyl groups is 1. The summed E-state index contributed by atoms with van der Waals surface area (Å²) in [5.41, 5.74) is 0. The standard InChI is InChI=1S/C12H25NO2/c1-3-6-11(2)15-13-9-5-4-7-12(13)8-10-14/h11-12,14H,3-10H2,1-2H3. The molecule has 1 aliphatic rings. The molecule has 3 nitrogen and oxygen atoms in total. The Morgan fingerprint density at radius 1 is 1.47 bits per heavy atom. The zero-order chi connectivity index (χ0) is 11.1. The molecule has 1 heterocycles. The lowest BCUT2D eigenvalue weighted by Gasteiger charge is -2.36. The maximum Gasteiger partial charge on any atom is 0.0765 e. The third kappa shape index (κ3) is 4.49. The molecule has 1 fully saturated rings. The van der Waals surface area contributed by atoms with Gasteiger partial charge >= 0.3 is 0 Å². The van der Waals surface area contributed by atoms with Gasteiger partial charge in [-0.1, -0.05) is 19.8 Å². The zero-order valence-electron chi connectivity index (χ0n) is 10.1. The van der Waals surface area contributed by atoms with Crippen LogP contribution in [0, 0.1) is 0 Å². The minimum absolute atomic E-state index is 0.271. The summed E-state index contributed by atoms with van der Waals surface area (Å²) in [7, 11) is 0. The fourth-order valence-corrected chi connectivity index (χ4v) is 2.24. The molecule has 0 aromatic rings. The molecular weight excluding hydrogens is 190 g/mol. The molecule has 2 atom stereocenters. The molecule has 0 radical (unpaired) electrons. The summed E-state index contributed by atoms with van der Waals surface area (Å²) < 4.78 is 0. The molecule has 0 amide bonds. The van der Waals surface area contributed by atoms with Gasteiger partial charge in [0.05, 0.1) is 6.10 Å². The van der Waals surface area contributed by atoms with Crippen molar-refractivity contribution in [2.45, 2.75) is 64.5 Å². The fourth-order valence-electron chi connectivity index (χ4n) is 2.24. The van der Waals surface area contributed by atoms with Crippen LogP contribution in [-0.4, -0.2) is 35.5 Å². The molecule has 0 aliphatic carbocycles. The number of hydrogen-bond donors (Lipinski definition) is 1. The first-order chi connectivity index (χ1) is 7.27. The first-order valence-corrected chi connectivity index (χ1v) is 6.32. The van der Waals surface area contributed by atoms with E-state index in [0.29, 0.717) is 12.1 Å². The Morgan fingerprint density at radius 2 is 2.27 bits per heavy atom. The van der Waals surface area contributed by atoms with E-state index in [2.05, 4.69) is 18.9 Å². The Balaban J connectivity index is 2.34. The SMILES string of the molecule is CCCC(C)ON1CCCCC1CCO. The number of hydroxylamine groups is 2. The molecule has 0 aromatic carbocycles. The van der Waals surface area contributed by atoms with Crippen molar-refractivity contribution in [2.75, 3.05) is 13.2 Å². The van der Waals surface area contributed by atoms with E-state index in [-0.39, 0.29) is 6.61 Å². The van der Waals surface area contributed by atoms with E-state index in [1.165, 1.54) is 25.7 Å². The Hall–Kier alpha value is -0.120. The topological polar surface area (TPSA) is 32.7 Å². The van der Waals surface area contributed by atoms with E-state index < -0.39 is 0 Å². The first-order valence-electron chi connectivity index (χ1n) is 6.32. The van der Waals surface area contributed by atoms with Crippen molar-refractivity contribution in [3.8, 4) is 0 Å². The molecule has 3 heteroatoms. The van der Waals surface area contributed by atoms with Crippen LogP contribution in [0.4, 0.5) is 0 Å². The van der Waals surface area contributed by atoms with Crippen LogP contribution < -0.4 is 0 Å².